The molecular formula is C15H22FNO. The fraction of sp³-hybridized carbons (Fsp3) is 0.600. The van der Waals surface area contributed by atoms with Crippen LogP contribution in [0, 0.1) is 5.82 Å². The highest BCUT2D eigenvalue weighted by atomic mass is 19.1. The van der Waals surface area contributed by atoms with E-state index in [1.807, 2.05) is 6.92 Å². The molecular weight excluding hydrogens is 229 g/mol. The van der Waals surface area contributed by atoms with Crippen molar-refractivity contribution in [1.29, 1.82) is 0 Å². The summed E-state index contributed by atoms with van der Waals surface area (Å²) in [5.41, 5.74) is 6.79. The molecule has 1 fully saturated rings. The van der Waals surface area contributed by atoms with Crippen LogP contribution in [-0.4, -0.2) is 6.10 Å². The Morgan fingerprint density at radius 3 is 2.50 bits per heavy atom. The van der Waals surface area contributed by atoms with Gasteiger partial charge in [0.15, 0.2) is 0 Å². The Balaban J connectivity index is 2.13. The van der Waals surface area contributed by atoms with Crippen LogP contribution in [0.3, 0.4) is 0 Å². The summed E-state index contributed by atoms with van der Waals surface area (Å²) < 4.78 is 19.3. The van der Waals surface area contributed by atoms with Gasteiger partial charge in [-0.3, -0.25) is 0 Å². The van der Waals surface area contributed by atoms with E-state index in [0.29, 0.717) is 5.75 Å². The molecule has 0 heterocycles. The summed E-state index contributed by atoms with van der Waals surface area (Å²) in [6.45, 7) is 1.90. The smallest absolute Gasteiger partial charge is 0.127 e. The van der Waals surface area contributed by atoms with Gasteiger partial charge in [0.05, 0.1) is 6.10 Å². The summed E-state index contributed by atoms with van der Waals surface area (Å²) in [5, 5.41) is 0. The van der Waals surface area contributed by atoms with Crippen LogP contribution in [0.4, 0.5) is 4.39 Å². The summed E-state index contributed by atoms with van der Waals surface area (Å²) in [7, 11) is 0. The van der Waals surface area contributed by atoms with E-state index in [0.717, 1.165) is 18.4 Å². The summed E-state index contributed by atoms with van der Waals surface area (Å²) in [4.78, 5) is 0. The Morgan fingerprint density at radius 2 is 1.89 bits per heavy atom. The number of benzene rings is 1. The standard InChI is InChI=1S/C15H22FNO/c1-11(17)14-9-8-12(16)10-15(14)18-13-6-4-2-3-5-7-13/h8-11,13H,2-7,17H2,1H3/t11-/m1/s1. The topological polar surface area (TPSA) is 35.2 Å². The minimum Gasteiger partial charge on any atom is -0.490 e. The quantitative estimate of drug-likeness (QED) is 0.826. The first-order chi connectivity index (χ1) is 8.66. The molecule has 0 aromatic heterocycles. The van der Waals surface area contributed by atoms with E-state index in [-0.39, 0.29) is 18.0 Å². The van der Waals surface area contributed by atoms with E-state index in [1.54, 1.807) is 6.07 Å². The number of rotatable bonds is 3. The molecule has 1 aliphatic rings. The van der Waals surface area contributed by atoms with E-state index < -0.39 is 0 Å². The third kappa shape index (κ3) is 3.45. The van der Waals surface area contributed by atoms with Gasteiger partial charge >= 0.3 is 0 Å². The zero-order valence-corrected chi connectivity index (χ0v) is 11.0. The minimum absolute atomic E-state index is 0.133. The fourth-order valence-electron chi connectivity index (χ4n) is 2.53. The number of hydrogen-bond donors (Lipinski definition) is 1. The van der Waals surface area contributed by atoms with Crippen LogP contribution in [0.15, 0.2) is 18.2 Å². The Labute approximate surface area is 108 Å². The van der Waals surface area contributed by atoms with Gasteiger partial charge < -0.3 is 10.5 Å². The van der Waals surface area contributed by atoms with E-state index in [9.17, 15) is 4.39 Å². The number of hydrogen-bond acceptors (Lipinski definition) is 2. The first-order valence-corrected chi connectivity index (χ1v) is 6.88. The first kappa shape index (κ1) is 13.3. The fourth-order valence-corrected chi connectivity index (χ4v) is 2.53. The Morgan fingerprint density at radius 1 is 1.22 bits per heavy atom. The van der Waals surface area contributed by atoms with Crippen LogP contribution in [-0.2, 0) is 0 Å². The van der Waals surface area contributed by atoms with Gasteiger partial charge in [-0.1, -0.05) is 18.9 Å². The minimum atomic E-state index is -0.261. The molecule has 2 N–H and O–H groups in total. The van der Waals surface area contributed by atoms with E-state index in [1.165, 1.54) is 37.8 Å². The predicted octanol–water partition coefficient (Wildman–Crippen LogP) is 3.95. The van der Waals surface area contributed by atoms with Crippen molar-refractivity contribution < 1.29 is 9.13 Å². The molecule has 0 saturated heterocycles. The summed E-state index contributed by atoms with van der Waals surface area (Å²) in [6.07, 6.45) is 7.31. The lowest BCUT2D eigenvalue weighted by Crippen LogP contribution is -2.17. The molecule has 2 nitrogen and oxygen atoms in total. The molecule has 1 aliphatic carbocycles. The van der Waals surface area contributed by atoms with Crippen molar-refractivity contribution >= 4 is 0 Å². The largest absolute Gasteiger partial charge is 0.490 e. The van der Waals surface area contributed by atoms with Gasteiger partial charge in [-0.2, -0.15) is 0 Å². The lowest BCUT2D eigenvalue weighted by atomic mass is 10.1. The molecule has 1 saturated carbocycles. The lowest BCUT2D eigenvalue weighted by molar-refractivity contribution is 0.180. The average Bonchev–Trinajstić information content (AvgIpc) is 2.57. The van der Waals surface area contributed by atoms with Crippen molar-refractivity contribution in [3.63, 3.8) is 0 Å². The molecule has 3 heteroatoms. The predicted molar refractivity (Wildman–Crippen MR) is 71.1 cm³/mol. The zero-order chi connectivity index (χ0) is 13.0. The second kappa shape index (κ2) is 6.19. The molecule has 2 rings (SSSR count). The van der Waals surface area contributed by atoms with Crippen molar-refractivity contribution in [1.82, 2.24) is 0 Å². The Hall–Kier alpha value is -1.09. The molecule has 18 heavy (non-hydrogen) atoms. The van der Waals surface area contributed by atoms with E-state index >= 15 is 0 Å². The normalized spacial score (nSPS) is 19.3. The van der Waals surface area contributed by atoms with Crippen LogP contribution in [0.5, 0.6) is 5.75 Å². The maximum atomic E-state index is 13.3. The Bertz CT molecular complexity index is 384. The summed E-state index contributed by atoms with van der Waals surface area (Å²) >= 11 is 0. The van der Waals surface area contributed by atoms with Crippen LogP contribution < -0.4 is 10.5 Å². The van der Waals surface area contributed by atoms with Crippen molar-refractivity contribution in [2.45, 2.75) is 57.6 Å². The maximum absolute atomic E-state index is 13.3. The van der Waals surface area contributed by atoms with E-state index in [4.69, 9.17) is 10.5 Å². The van der Waals surface area contributed by atoms with Crippen LogP contribution >= 0.6 is 0 Å². The van der Waals surface area contributed by atoms with Gasteiger partial charge in [0.2, 0.25) is 0 Å². The molecule has 100 valence electrons. The highest BCUT2D eigenvalue weighted by Gasteiger charge is 2.17. The van der Waals surface area contributed by atoms with Gasteiger partial charge in [-0.05, 0) is 38.7 Å². The van der Waals surface area contributed by atoms with Crippen LogP contribution in [0.2, 0.25) is 0 Å². The van der Waals surface area contributed by atoms with Gasteiger partial charge in [-0.15, -0.1) is 0 Å². The number of nitrogens with two attached hydrogens (primary N) is 1. The zero-order valence-electron chi connectivity index (χ0n) is 11.0. The summed E-state index contributed by atoms with van der Waals surface area (Å²) in [6, 6.07) is 4.50. The number of ether oxygens (including phenoxy) is 1. The van der Waals surface area contributed by atoms with Crippen molar-refractivity contribution in [3.8, 4) is 5.75 Å². The molecule has 0 amide bonds. The average molecular weight is 251 g/mol. The van der Waals surface area contributed by atoms with Crippen LogP contribution in [0.25, 0.3) is 0 Å². The van der Waals surface area contributed by atoms with Crippen molar-refractivity contribution in [3.05, 3.63) is 29.6 Å². The van der Waals surface area contributed by atoms with E-state index in [2.05, 4.69) is 0 Å². The second-order valence-corrected chi connectivity index (χ2v) is 5.20. The molecule has 1 atom stereocenters. The third-order valence-corrected chi connectivity index (χ3v) is 3.56. The Kier molecular flexibility index (Phi) is 4.59. The van der Waals surface area contributed by atoms with Gasteiger partial charge in [-0.25, -0.2) is 4.39 Å². The van der Waals surface area contributed by atoms with Gasteiger partial charge in [0.1, 0.15) is 11.6 Å². The SMILES string of the molecule is C[C@@H](N)c1ccc(F)cc1OC1CCCCCC1. The highest BCUT2D eigenvalue weighted by Crippen LogP contribution is 2.29. The van der Waals surface area contributed by atoms with Crippen LogP contribution in [0.1, 0.15) is 57.1 Å². The van der Waals surface area contributed by atoms with Crippen molar-refractivity contribution in [2.75, 3.05) is 0 Å². The molecule has 1 aromatic rings. The first-order valence-electron chi connectivity index (χ1n) is 6.88. The number of halogens is 1. The highest BCUT2D eigenvalue weighted by molar-refractivity contribution is 5.36. The molecule has 0 spiro atoms. The maximum Gasteiger partial charge on any atom is 0.127 e. The van der Waals surface area contributed by atoms with Gasteiger partial charge in [0.25, 0.3) is 0 Å². The molecule has 1 aromatic carbocycles. The van der Waals surface area contributed by atoms with Gasteiger partial charge in [0, 0.05) is 17.7 Å². The third-order valence-electron chi connectivity index (χ3n) is 3.56. The monoisotopic (exact) mass is 251 g/mol. The van der Waals surface area contributed by atoms with Crippen molar-refractivity contribution in [2.24, 2.45) is 5.73 Å². The summed E-state index contributed by atoms with van der Waals surface area (Å²) in [5.74, 6) is 0.361. The molecule has 0 radical (unpaired) electrons. The molecule has 0 bridgehead atoms. The molecule has 0 unspecified atom stereocenters. The molecule has 0 aliphatic heterocycles. The lowest BCUT2D eigenvalue weighted by Gasteiger charge is -2.20. The second-order valence-electron chi connectivity index (χ2n) is 5.20.